The highest BCUT2D eigenvalue weighted by molar-refractivity contribution is 6.42. The van der Waals surface area contributed by atoms with Crippen LogP contribution in [0.25, 0.3) is 0 Å². The summed E-state index contributed by atoms with van der Waals surface area (Å²) in [6, 6.07) is 12.2. The number of carbonyl (C=O) groups is 1. The minimum Gasteiger partial charge on any atom is -1.00 e. The molecule has 1 aliphatic carbocycles. The van der Waals surface area contributed by atoms with Crippen molar-refractivity contribution >= 4 is 29.1 Å². The fraction of sp³-hybridized carbons (Fsp3) is 0.618. The van der Waals surface area contributed by atoms with Crippen LogP contribution in [0, 0.1) is 11.3 Å². The molecule has 5 aliphatic heterocycles. The van der Waals surface area contributed by atoms with Crippen LogP contribution in [0.2, 0.25) is 10.0 Å². The number of hydrogen-bond acceptors (Lipinski definition) is 2. The smallest absolute Gasteiger partial charge is 0.257 e. The van der Waals surface area contributed by atoms with Gasteiger partial charge in [0.15, 0.2) is 0 Å². The van der Waals surface area contributed by atoms with E-state index in [1.54, 1.807) is 0 Å². The van der Waals surface area contributed by atoms with Crippen molar-refractivity contribution < 1.29 is 26.4 Å². The number of carbonyl (C=O) groups excluding carboxylic acids is 1. The summed E-state index contributed by atoms with van der Waals surface area (Å²) >= 11 is 12.9. The van der Waals surface area contributed by atoms with Crippen LogP contribution >= 0.6 is 23.2 Å². The number of nitrogens with zero attached hydrogens (tertiary/aromatic N) is 2. The van der Waals surface area contributed by atoms with Crippen molar-refractivity contribution in [2.45, 2.75) is 76.0 Å². The van der Waals surface area contributed by atoms with E-state index >= 15 is 0 Å². The number of ether oxygens (including phenoxy) is 1. The second kappa shape index (κ2) is 11.6. The third kappa shape index (κ3) is 5.30. The van der Waals surface area contributed by atoms with E-state index in [2.05, 4.69) is 23.1 Å². The number of amides is 1. The van der Waals surface area contributed by atoms with E-state index < -0.39 is 0 Å². The largest absolute Gasteiger partial charge is 1.00 e. The fourth-order valence-corrected chi connectivity index (χ4v) is 9.51. The zero-order valence-electron chi connectivity index (χ0n) is 24.1. The average molecular weight is 618 g/mol. The van der Waals surface area contributed by atoms with Crippen LogP contribution in [0.5, 0.6) is 5.75 Å². The molecule has 7 heteroatoms. The SMILES string of the molecule is O=C(c1cccc2c1OCC2)N1CCC(CC[N+]23CCC(C4CCCCC4)(CC2)CC3)(c2ccc(Cl)c(Cl)c2)C1.[Cl-]. The van der Waals surface area contributed by atoms with Crippen molar-refractivity contribution in [1.29, 1.82) is 0 Å². The molecule has 1 unspecified atom stereocenters. The maximum atomic E-state index is 13.9. The van der Waals surface area contributed by atoms with Crippen LogP contribution < -0.4 is 17.1 Å². The molecule has 2 aromatic carbocycles. The maximum absolute atomic E-state index is 13.9. The van der Waals surface area contributed by atoms with Gasteiger partial charge in [-0.1, -0.05) is 60.7 Å². The number of rotatable bonds is 6. The molecule has 8 rings (SSSR count). The molecule has 6 aliphatic rings. The van der Waals surface area contributed by atoms with Gasteiger partial charge in [-0.05, 0) is 59.9 Å². The minimum atomic E-state index is -0.106. The van der Waals surface area contributed by atoms with Gasteiger partial charge in [0.2, 0.25) is 0 Å². The summed E-state index contributed by atoms with van der Waals surface area (Å²) in [6.07, 6.45) is 14.5. The number of halogens is 3. The standard InChI is InChI=1S/C34H43Cl2N2O2.ClH/c35-29-10-9-27(23-30(29)36)34(12-17-37(24-34)32(39)28-8-4-5-25-11-22-40-31(25)28)16-21-38-18-13-33(14-19-38,15-20-38)26-6-2-1-3-7-26;/h4-5,8-10,23,26H,1-3,6-7,11-22,24H2;1H/q+1;/p-1. The van der Waals surface area contributed by atoms with Gasteiger partial charge < -0.3 is 26.5 Å². The highest BCUT2D eigenvalue weighted by Crippen LogP contribution is 2.54. The van der Waals surface area contributed by atoms with Crippen molar-refractivity contribution in [2.24, 2.45) is 11.3 Å². The number of piperidine rings is 3. The normalized spacial score (nSPS) is 31.0. The van der Waals surface area contributed by atoms with Gasteiger partial charge in [-0.25, -0.2) is 0 Å². The summed E-state index contributed by atoms with van der Waals surface area (Å²) in [5.41, 5.74) is 3.63. The molecule has 5 fully saturated rings. The molecular formula is C34H43Cl3N2O2. The maximum Gasteiger partial charge on any atom is 0.257 e. The van der Waals surface area contributed by atoms with E-state index in [-0.39, 0.29) is 23.7 Å². The molecule has 1 saturated carbocycles. The van der Waals surface area contributed by atoms with Gasteiger partial charge >= 0.3 is 0 Å². The Kier molecular flexibility index (Phi) is 8.35. The van der Waals surface area contributed by atoms with E-state index in [4.69, 9.17) is 27.9 Å². The first kappa shape index (κ1) is 29.6. The van der Waals surface area contributed by atoms with Crippen LogP contribution in [0.4, 0.5) is 0 Å². The molecular weight excluding hydrogens is 575 g/mol. The number of quaternary nitrogens is 1. The molecule has 0 spiro atoms. The highest BCUT2D eigenvalue weighted by atomic mass is 35.5. The first-order valence-corrected chi connectivity index (χ1v) is 16.5. The molecule has 2 bridgehead atoms. The lowest BCUT2D eigenvalue weighted by molar-refractivity contribution is -0.946. The summed E-state index contributed by atoms with van der Waals surface area (Å²) in [5, 5.41) is 1.20. The number of hydrogen-bond donors (Lipinski definition) is 0. The van der Waals surface area contributed by atoms with Gasteiger partial charge in [0.1, 0.15) is 5.75 Å². The third-order valence-electron chi connectivity index (χ3n) is 11.9. The fourth-order valence-electron chi connectivity index (χ4n) is 9.21. The lowest BCUT2D eigenvalue weighted by atomic mass is 9.59. The Hall–Kier alpha value is -1.46. The first-order chi connectivity index (χ1) is 19.4. The zero-order chi connectivity index (χ0) is 27.4. The average Bonchev–Trinajstić information content (AvgIpc) is 3.67. The number of likely N-dealkylation sites (tertiary alicyclic amines) is 1. The van der Waals surface area contributed by atoms with Gasteiger partial charge in [0.25, 0.3) is 5.91 Å². The lowest BCUT2D eigenvalue weighted by Gasteiger charge is -2.58. The first-order valence-electron chi connectivity index (χ1n) is 15.8. The molecule has 0 radical (unpaired) electrons. The monoisotopic (exact) mass is 616 g/mol. The predicted molar refractivity (Wildman–Crippen MR) is 162 cm³/mol. The van der Waals surface area contributed by atoms with Crippen LogP contribution in [-0.4, -0.2) is 61.2 Å². The van der Waals surface area contributed by atoms with Crippen LogP contribution in [-0.2, 0) is 11.8 Å². The van der Waals surface area contributed by atoms with E-state index in [0.29, 0.717) is 27.6 Å². The molecule has 0 N–H and O–H groups in total. The summed E-state index contributed by atoms with van der Waals surface area (Å²) in [7, 11) is 0. The van der Waals surface area contributed by atoms with E-state index in [9.17, 15) is 4.79 Å². The van der Waals surface area contributed by atoms with Crippen molar-refractivity contribution in [3.05, 3.63) is 63.1 Å². The summed E-state index contributed by atoms with van der Waals surface area (Å²) in [6.45, 7) is 7.34. The van der Waals surface area contributed by atoms with Gasteiger partial charge in [-0.2, -0.15) is 0 Å². The lowest BCUT2D eigenvalue weighted by Crippen LogP contribution is -3.00. The molecule has 2 aromatic rings. The van der Waals surface area contributed by atoms with Gasteiger partial charge in [0, 0.05) is 50.6 Å². The number of fused-ring (bicyclic) bond motifs is 4. The highest BCUT2D eigenvalue weighted by Gasteiger charge is 2.53. The summed E-state index contributed by atoms with van der Waals surface area (Å²) in [5.74, 6) is 1.87. The molecule has 4 saturated heterocycles. The molecule has 0 aromatic heterocycles. The van der Waals surface area contributed by atoms with E-state index in [0.717, 1.165) is 49.6 Å². The van der Waals surface area contributed by atoms with Crippen LogP contribution in [0.15, 0.2) is 36.4 Å². The Balaban J connectivity index is 0.00000302. The quantitative estimate of drug-likeness (QED) is 0.441. The minimum absolute atomic E-state index is 0. The second-order valence-electron chi connectivity index (χ2n) is 13.7. The molecule has 1 atom stereocenters. The van der Waals surface area contributed by atoms with E-state index in [1.807, 2.05) is 18.2 Å². The number of benzene rings is 2. The molecule has 4 nitrogen and oxygen atoms in total. The molecule has 1 amide bonds. The Morgan fingerprint density at radius 1 is 0.976 bits per heavy atom. The van der Waals surface area contributed by atoms with Gasteiger partial charge in [-0.15, -0.1) is 0 Å². The predicted octanol–water partition coefficient (Wildman–Crippen LogP) is 4.69. The Morgan fingerprint density at radius 2 is 1.73 bits per heavy atom. The zero-order valence-corrected chi connectivity index (χ0v) is 26.4. The van der Waals surface area contributed by atoms with Crippen LogP contribution in [0.1, 0.15) is 85.7 Å². The van der Waals surface area contributed by atoms with E-state index in [1.165, 1.54) is 87.6 Å². The Labute approximate surface area is 261 Å². The van der Waals surface area contributed by atoms with Crippen molar-refractivity contribution in [2.75, 3.05) is 45.9 Å². The molecule has 222 valence electrons. The topological polar surface area (TPSA) is 29.5 Å². The summed E-state index contributed by atoms with van der Waals surface area (Å²) < 4.78 is 7.17. The Morgan fingerprint density at radius 3 is 2.46 bits per heavy atom. The second-order valence-corrected chi connectivity index (χ2v) is 14.5. The van der Waals surface area contributed by atoms with Crippen LogP contribution in [0.3, 0.4) is 0 Å². The van der Waals surface area contributed by atoms with Gasteiger partial charge in [0.05, 0.1) is 48.4 Å². The van der Waals surface area contributed by atoms with Crippen molar-refractivity contribution in [1.82, 2.24) is 4.90 Å². The molecule has 41 heavy (non-hydrogen) atoms. The number of para-hydroxylation sites is 1. The molecule has 5 heterocycles. The van der Waals surface area contributed by atoms with Crippen molar-refractivity contribution in [3.63, 3.8) is 0 Å². The summed E-state index contributed by atoms with van der Waals surface area (Å²) in [4.78, 5) is 15.9. The Bertz CT molecular complexity index is 1270. The van der Waals surface area contributed by atoms with Gasteiger partial charge in [-0.3, -0.25) is 4.79 Å². The van der Waals surface area contributed by atoms with Crippen molar-refractivity contribution in [3.8, 4) is 5.75 Å². The third-order valence-corrected chi connectivity index (χ3v) is 12.6.